The zero-order valence-corrected chi connectivity index (χ0v) is 17.7. The van der Waals surface area contributed by atoms with E-state index in [9.17, 15) is 22.8 Å². The summed E-state index contributed by atoms with van der Waals surface area (Å²) in [7, 11) is 0. The topological polar surface area (TPSA) is 83.9 Å². The number of amides is 2. The number of hydrogen-bond acceptors (Lipinski definition) is 5. The summed E-state index contributed by atoms with van der Waals surface area (Å²) in [5.74, 6) is -0.0886. The lowest BCUT2D eigenvalue weighted by Crippen LogP contribution is -2.51. The molecular formula is C21H25F3N4O3. The van der Waals surface area contributed by atoms with E-state index in [0.717, 1.165) is 18.9 Å². The predicted octanol–water partition coefficient (Wildman–Crippen LogP) is 3.62. The Labute approximate surface area is 178 Å². The van der Waals surface area contributed by atoms with Gasteiger partial charge in [0.15, 0.2) is 0 Å². The first kappa shape index (κ1) is 21.6. The van der Waals surface area contributed by atoms with E-state index in [0.29, 0.717) is 37.2 Å². The number of carbonyl (C=O) groups is 2. The minimum atomic E-state index is -4.53. The fourth-order valence-electron chi connectivity index (χ4n) is 3.87. The van der Waals surface area contributed by atoms with Crippen molar-refractivity contribution in [2.45, 2.75) is 69.7 Å². The van der Waals surface area contributed by atoms with Gasteiger partial charge in [-0.25, -0.2) is 9.78 Å². The van der Waals surface area contributed by atoms with Crippen LogP contribution in [-0.4, -0.2) is 51.9 Å². The maximum atomic E-state index is 13.1. The zero-order chi connectivity index (χ0) is 22.6. The standard InChI is InChI=1S/C21H25F3N4O3/c1-19(2,3)31-18(30)28-10-8-20(9-11-28)17(29)26-16(27-20)13-6-7-14(21(22,23)24)25-15(13)12-4-5-12/h6-7,12H,4-5,8-11H2,1-3H3,(H,26,27,29). The molecule has 1 saturated heterocycles. The van der Waals surface area contributed by atoms with E-state index in [2.05, 4.69) is 15.3 Å². The number of hydrogen-bond donors (Lipinski definition) is 1. The molecule has 2 fully saturated rings. The number of likely N-dealkylation sites (tertiary alicyclic amines) is 1. The quantitative estimate of drug-likeness (QED) is 0.765. The highest BCUT2D eigenvalue weighted by atomic mass is 19.4. The molecule has 3 heterocycles. The summed E-state index contributed by atoms with van der Waals surface area (Å²) in [5, 5.41) is 2.75. The van der Waals surface area contributed by atoms with E-state index in [1.807, 2.05) is 0 Å². The fraction of sp³-hybridized carbons (Fsp3) is 0.619. The maximum Gasteiger partial charge on any atom is 0.433 e. The largest absolute Gasteiger partial charge is 0.444 e. The molecule has 10 heteroatoms. The average molecular weight is 438 g/mol. The Morgan fingerprint density at radius 1 is 1.19 bits per heavy atom. The molecule has 2 amide bonds. The van der Waals surface area contributed by atoms with Gasteiger partial charge in [0.2, 0.25) is 0 Å². The average Bonchev–Trinajstić information content (AvgIpc) is 3.46. The van der Waals surface area contributed by atoms with Crippen molar-refractivity contribution in [2.24, 2.45) is 4.99 Å². The lowest BCUT2D eigenvalue weighted by molar-refractivity contribution is -0.141. The van der Waals surface area contributed by atoms with Crippen LogP contribution >= 0.6 is 0 Å². The van der Waals surface area contributed by atoms with Crippen LogP contribution in [0.1, 0.15) is 69.3 Å². The van der Waals surface area contributed by atoms with Gasteiger partial charge in [-0.05, 0) is 58.6 Å². The first-order valence-electron chi connectivity index (χ1n) is 10.4. The Morgan fingerprint density at radius 2 is 1.84 bits per heavy atom. The van der Waals surface area contributed by atoms with Gasteiger partial charge in [0, 0.05) is 24.6 Å². The van der Waals surface area contributed by atoms with E-state index in [4.69, 9.17) is 4.74 Å². The third kappa shape index (κ3) is 4.38. The molecule has 168 valence electrons. The van der Waals surface area contributed by atoms with Gasteiger partial charge in [0.05, 0.1) is 5.69 Å². The molecule has 1 aliphatic carbocycles. The summed E-state index contributed by atoms with van der Waals surface area (Å²) in [5.41, 5.74) is -1.81. The van der Waals surface area contributed by atoms with E-state index in [1.54, 1.807) is 25.7 Å². The van der Waals surface area contributed by atoms with Crippen molar-refractivity contribution < 1.29 is 27.5 Å². The first-order valence-corrected chi connectivity index (χ1v) is 10.4. The van der Waals surface area contributed by atoms with Gasteiger partial charge >= 0.3 is 12.3 Å². The minimum Gasteiger partial charge on any atom is -0.444 e. The Bertz CT molecular complexity index is 940. The number of alkyl halides is 3. The molecule has 7 nitrogen and oxygen atoms in total. The minimum absolute atomic E-state index is 0.0533. The molecule has 31 heavy (non-hydrogen) atoms. The first-order chi connectivity index (χ1) is 14.4. The molecule has 1 spiro atoms. The number of ether oxygens (including phenoxy) is 1. The molecule has 4 rings (SSSR count). The second-order valence-corrected chi connectivity index (χ2v) is 9.31. The summed E-state index contributed by atoms with van der Waals surface area (Å²) < 4.78 is 44.7. The molecule has 1 saturated carbocycles. The number of aliphatic imine (C=N–C) groups is 1. The van der Waals surface area contributed by atoms with Crippen LogP contribution in [0.2, 0.25) is 0 Å². The molecule has 0 atom stereocenters. The molecule has 0 bridgehead atoms. The van der Waals surface area contributed by atoms with Crippen molar-refractivity contribution in [2.75, 3.05) is 13.1 Å². The normalized spacial score (nSPS) is 21.2. The van der Waals surface area contributed by atoms with Crippen molar-refractivity contribution in [3.05, 3.63) is 29.1 Å². The Hall–Kier alpha value is -2.65. The van der Waals surface area contributed by atoms with Gasteiger partial charge in [-0.1, -0.05) is 0 Å². The van der Waals surface area contributed by atoms with Crippen molar-refractivity contribution in [3.8, 4) is 0 Å². The number of nitrogens with one attached hydrogen (secondary N) is 1. The van der Waals surface area contributed by atoms with Gasteiger partial charge in [-0.3, -0.25) is 9.79 Å². The molecule has 3 aliphatic rings. The van der Waals surface area contributed by atoms with E-state index in [1.165, 1.54) is 6.07 Å². The summed E-state index contributed by atoms with van der Waals surface area (Å²) in [6.07, 6.45) is -2.81. The highest BCUT2D eigenvalue weighted by Gasteiger charge is 2.48. The summed E-state index contributed by atoms with van der Waals surface area (Å²) >= 11 is 0. The van der Waals surface area contributed by atoms with Crippen LogP contribution in [0.25, 0.3) is 0 Å². The lowest BCUT2D eigenvalue weighted by Gasteiger charge is -2.36. The smallest absolute Gasteiger partial charge is 0.433 e. The number of pyridine rings is 1. The van der Waals surface area contributed by atoms with Crippen molar-refractivity contribution in [3.63, 3.8) is 0 Å². The number of piperidine rings is 1. The highest BCUT2D eigenvalue weighted by Crippen LogP contribution is 2.43. The zero-order valence-electron chi connectivity index (χ0n) is 17.7. The van der Waals surface area contributed by atoms with Gasteiger partial charge in [0.25, 0.3) is 5.91 Å². The Balaban J connectivity index is 1.55. The molecule has 2 aliphatic heterocycles. The number of halogens is 3. The van der Waals surface area contributed by atoms with Crippen molar-refractivity contribution in [1.29, 1.82) is 0 Å². The number of aromatic nitrogens is 1. The van der Waals surface area contributed by atoms with Crippen LogP contribution in [0.5, 0.6) is 0 Å². The lowest BCUT2D eigenvalue weighted by atomic mass is 9.88. The number of amidine groups is 1. The summed E-state index contributed by atoms with van der Waals surface area (Å²) in [4.78, 5) is 35.1. The van der Waals surface area contributed by atoms with E-state index < -0.39 is 29.1 Å². The molecule has 1 aromatic rings. The molecule has 1 N–H and O–H groups in total. The fourth-order valence-corrected chi connectivity index (χ4v) is 3.87. The third-order valence-electron chi connectivity index (χ3n) is 5.66. The predicted molar refractivity (Wildman–Crippen MR) is 106 cm³/mol. The second-order valence-electron chi connectivity index (χ2n) is 9.31. The third-order valence-corrected chi connectivity index (χ3v) is 5.66. The van der Waals surface area contributed by atoms with Crippen molar-refractivity contribution >= 4 is 17.8 Å². The summed E-state index contributed by atoms with van der Waals surface area (Å²) in [6.45, 7) is 5.96. The van der Waals surface area contributed by atoms with Crippen LogP contribution in [0.15, 0.2) is 17.1 Å². The molecule has 1 aromatic heterocycles. The molecule has 0 aromatic carbocycles. The van der Waals surface area contributed by atoms with Crippen molar-refractivity contribution in [1.82, 2.24) is 15.2 Å². The van der Waals surface area contributed by atoms with Gasteiger partial charge < -0.3 is 15.0 Å². The maximum absolute atomic E-state index is 13.1. The number of rotatable bonds is 2. The Morgan fingerprint density at radius 3 is 2.39 bits per heavy atom. The van der Waals surface area contributed by atoms with Crippen LogP contribution in [0.3, 0.4) is 0 Å². The van der Waals surface area contributed by atoms with Gasteiger partial charge in [0.1, 0.15) is 22.7 Å². The van der Waals surface area contributed by atoms with Gasteiger partial charge in [-0.15, -0.1) is 0 Å². The Kier molecular flexibility index (Phi) is 5.01. The van der Waals surface area contributed by atoms with Crippen LogP contribution in [-0.2, 0) is 15.7 Å². The number of nitrogens with zero attached hydrogens (tertiary/aromatic N) is 3. The molecular weight excluding hydrogens is 413 g/mol. The van der Waals surface area contributed by atoms with Crippen LogP contribution < -0.4 is 5.32 Å². The molecule has 0 unspecified atom stereocenters. The van der Waals surface area contributed by atoms with Crippen LogP contribution in [0.4, 0.5) is 18.0 Å². The molecule has 0 radical (unpaired) electrons. The highest BCUT2D eigenvalue weighted by molar-refractivity contribution is 6.16. The number of carbonyl (C=O) groups excluding carboxylic acids is 2. The van der Waals surface area contributed by atoms with E-state index >= 15 is 0 Å². The van der Waals surface area contributed by atoms with E-state index in [-0.39, 0.29) is 17.7 Å². The van der Waals surface area contributed by atoms with Gasteiger partial charge in [-0.2, -0.15) is 13.2 Å². The SMILES string of the molecule is CC(C)(C)OC(=O)N1CCC2(CC1)N=C(c1ccc(C(F)(F)F)nc1C1CC1)NC2=O. The second kappa shape index (κ2) is 7.20. The van der Waals surface area contributed by atoms with Crippen LogP contribution in [0, 0.1) is 0 Å². The summed E-state index contributed by atoms with van der Waals surface area (Å²) in [6, 6.07) is 2.27. The monoisotopic (exact) mass is 438 g/mol.